The van der Waals surface area contributed by atoms with Gasteiger partial charge in [-0.25, -0.2) is 4.98 Å². The van der Waals surface area contributed by atoms with Crippen LogP contribution < -0.4 is 20.3 Å². The maximum atomic E-state index is 12.7. The third kappa shape index (κ3) is 8.77. The highest BCUT2D eigenvalue weighted by Gasteiger charge is 2.32. The van der Waals surface area contributed by atoms with Gasteiger partial charge in [-0.15, -0.1) is 38.0 Å². The summed E-state index contributed by atoms with van der Waals surface area (Å²) in [5.41, 5.74) is 1.39. The first-order valence-electron chi connectivity index (χ1n) is 11.6. The van der Waals surface area contributed by atoms with E-state index in [2.05, 4.69) is 31.3 Å². The van der Waals surface area contributed by atoms with Crippen molar-refractivity contribution in [1.82, 2.24) is 15.3 Å². The third-order valence-electron chi connectivity index (χ3n) is 6.19. The fraction of sp³-hybridized carbons (Fsp3) is 0.440. The molecule has 6 nitrogen and oxygen atoms in total. The normalized spacial score (nSPS) is 17.5. The average molecular weight is 625 g/mol. The molecule has 2 N–H and O–H groups in total. The summed E-state index contributed by atoms with van der Waals surface area (Å²) in [5, 5.41) is 7.84. The number of halogens is 6. The zero-order valence-electron chi connectivity index (χ0n) is 20.5. The van der Waals surface area contributed by atoms with Crippen LogP contribution in [0.15, 0.2) is 46.9 Å². The van der Waals surface area contributed by atoms with Crippen LogP contribution in [0.25, 0.3) is 10.9 Å². The molecule has 0 amide bonds. The average Bonchev–Trinajstić information content (AvgIpc) is 2.80. The van der Waals surface area contributed by atoms with Crippen LogP contribution in [0.1, 0.15) is 31.2 Å². The number of hydrogen-bond acceptors (Lipinski definition) is 6. The molecule has 0 saturated heterocycles. The van der Waals surface area contributed by atoms with Crippen LogP contribution in [0, 0.1) is 5.92 Å². The number of nitrogens with one attached hydrogen (secondary N) is 2. The number of alkyl halides is 3. The number of nitrogens with zero attached hydrogens (tertiary/aromatic N) is 3. The quantitative estimate of drug-likeness (QED) is 0.283. The SMILES string of the molecule is CN(C)c1nc(N[C@H]2CC[C@H](CNCc3ccc(Br)cc3OC(F)(F)F)CC2)nc2ccccc12.Cl.Cl. The van der Waals surface area contributed by atoms with Gasteiger partial charge in [-0.05, 0) is 62.4 Å². The minimum Gasteiger partial charge on any atom is -0.405 e. The van der Waals surface area contributed by atoms with Gasteiger partial charge >= 0.3 is 6.36 Å². The van der Waals surface area contributed by atoms with E-state index in [0.29, 0.717) is 34.5 Å². The molecular formula is C25H31BrCl2F3N5O. The van der Waals surface area contributed by atoms with E-state index >= 15 is 0 Å². The molecule has 1 aliphatic rings. The fourth-order valence-corrected chi connectivity index (χ4v) is 4.80. The highest BCUT2D eigenvalue weighted by atomic mass is 79.9. The number of anilines is 2. The molecule has 4 rings (SSSR count). The molecule has 0 spiro atoms. The molecule has 0 unspecified atom stereocenters. The van der Waals surface area contributed by atoms with Gasteiger partial charge in [0, 0.05) is 42.1 Å². The molecule has 1 fully saturated rings. The van der Waals surface area contributed by atoms with Crippen LogP contribution in [0.4, 0.5) is 24.9 Å². The Morgan fingerprint density at radius 2 is 1.73 bits per heavy atom. The van der Waals surface area contributed by atoms with Crippen LogP contribution in [0.2, 0.25) is 0 Å². The van der Waals surface area contributed by atoms with E-state index in [1.54, 1.807) is 12.1 Å². The van der Waals surface area contributed by atoms with Gasteiger partial charge in [-0.3, -0.25) is 0 Å². The Morgan fingerprint density at radius 3 is 2.41 bits per heavy atom. The minimum atomic E-state index is -4.72. The summed E-state index contributed by atoms with van der Waals surface area (Å²) in [6.07, 6.45) is -0.708. The molecule has 1 saturated carbocycles. The first kappa shape index (κ1) is 31.2. The highest BCUT2D eigenvalue weighted by molar-refractivity contribution is 9.10. The Morgan fingerprint density at radius 1 is 1.03 bits per heavy atom. The lowest BCUT2D eigenvalue weighted by Gasteiger charge is -2.29. The van der Waals surface area contributed by atoms with E-state index in [4.69, 9.17) is 9.97 Å². The second-order valence-electron chi connectivity index (χ2n) is 9.08. The van der Waals surface area contributed by atoms with Gasteiger partial charge in [0.2, 0.25) is 5.95 Å². The van der Waals surface area contributed by atoms with Crippen LogP contribution in [0.3, 0.4) is 0 Å². The summed E-state index contributed by atoms with van der Waals surface area (Å²) >= 11 is 3.20. The molecule has 1 aliphatic carbocycles. The number of aromatic nitrogens is 2. The predicted molar refractivity (Wildman–Crippen MR) is 150 cm³/mol. The monoisotopic (exact) mass is 623 g/mol. The first-order valence-corrected chi connectivity index (χ1v) is 12.4. The van der Waals surface area contributed by atoms with Crippen molar-refractivity contribution in [2.75, 3.05) is 30.9 Å². The Labute approximate surface area is 235 Å². The molecule has 0 radical (unpaired) electrons. The van der Waals surface area contributed by atoms with E-state index in [0.717, 1.165) is 48.9 Å². The number of hydrogen-bond donors (Lipinski definition) is 2. The number of rotatable bonds is 8. The van der Waals surface area contributed by atoms with Crippen molar-refractivity contribution < 1.29 is 17.9 Å². The van der Waals surface area contributed by atoms with Gasteiger partial charge in [0.05, 0.1) is 5.52 Å². The maximum Gasteiger partial charge on any atom is 0.573 e. The smallest absolute Gasteiger partial charge is 0.405 e. The lowest BCUT2D eigenvalue weighted by molar-refractivity contribution is -0.274. The third-order valence-corrected chi connectivity index (χ3v) is 6.68. The molecule has 0 aliphatic heterocycles. The van der Waals surface area contributed by atoms with E-state index in [-0.39, 0.29) is 30.6 Å². The predicted octanol–water partition coefficient (Wildman–Crippen LogP) is 6.96. The maximum absolute atomic E-state index is 12.7. The van der Waals surface area contributed by atoms with Crippen molar-refractivity contribution in [2.45, 2.75) is 44.6 Å². The highest BCUT2D eigenvalue weighted by Crippen LogP contribution is 2.31. The van der Waals surface area contributed by atoms with Gasteiger partial charge in [0.15, 0.2) is 0 Å². The Kier molecular flexibility index (Phi) is 11.5. The van der Waals surface area contributed by atoms with Gasteiger partial charge < -0.3 is 20.3 Å². The summed E-state index contributed by atoms with van der Waals surface area (Å²) in [6, 6.07) is 13.0. The van der Waals surface area contributed by atoms with Crippen LogP contribution in [-0.4, -0.2) is 43.0 Å². The van der Waals surface area contributed by atoms with Gasteiger partial charge in [0.1, 0.15) is 11.6 Å². The molecule has 2 aromatic carbocycles. The molecule has 12 heteroatoms. The van der Waals surface area contributed by atoms with Gasteiger partial charge in [0.25, 0.3) is 0 Å². The largest absolute Gasteiger partial charge is 0.573 e. The van der Waals surface area contributed by atoms with Crippen LogP contribution in [-0.2, 0) is 6.54 Å². The molecule has 1 aromatic heterocycles. The summed E-state index contributed by atoms with van der Waals surface area (Å²) in [7, 11) is 3.95. The second kappa shape index (κ2) is 13.7. The van der Waals surface area contributed by atoms with Crippen molar-refractivity contribution in [3.63, 3.8) is 0 Å². The molecule has 3 aromatic rings. The summed E-state index contributed by atoms with van der Waals surface area (Å²) in [5.74, 6) is 1.81. The topological polar surface area (TPSA) is 62.3 Å². The van der Waals surface area contributed by atoms with Gasteiger partial charge in [-0.1, -0.05) is 34.1 Å². The lowest BCUT2D eigenvalue weighted by atomic mass is 9.86. The Hall–Kier alpha value is -2.01. The van der Waals surface area contributed by atoms with Crippen LogP contribution in [0.5, 0.6) is 5.75 Å². The van der Waals surface area contributed by atoms with Crippen molar-refractivity contribution >= 4 is 63.4 Å². The standard InChI is InChI=1S/C25H29BrF3N5O.2ClH/c1-34(2)23-20-5-3-4-6-21(20)32-24(33-23)31-19-11-7-16(8-12-19)14-30-15-17-9-10-18(26)13-22(17)35-25(27,28)29;;/h3-6,9-10,13,16,19,30H,7-8,11-12,14-15H2,1-2H3,(H,31,32,33);2*1H/t16-,19-;;. The zero-order chi connectivity index (χ0) is 25.0. The van der Waals surface area contributed by atoms with E-state index in [1.807, 2.05) is 43.3 Å². The summed E-state index contributed by atoms with van der Waals surface area (Å²) in [6.45, 7) is 1.06. The number of ether oxygens (including phenoxy) is 1. The first-order chi connectivity index (χ1) is 16.7. The molecule has 1 heterocycles. The molecule has 0 atom stereocenters. The molecule has 204 valence electrons. The number of para-hydroxylation sites is 1. The second-order valence-corrected chi connectivity index (χ2v) is 9.99. The van der Waals surface area contributed by atoms with Gasteiger partial charge in [-0.2, -0.15) is 4.98 Å². The Balaban J connectivity index is 0.00000241. The van der Waals surface area contributed by atoms with Crippen molar-refractivity contribution in [2.24, 2.45) is 5.92 Å². The fourth-order valence-electron chi connectivity index (χ4n) is 4.46. The van der Waals surface area contributed by atoms with Crippen molar-refractivity contribution in [3.05, 3.63) is 52.5 Å². The number of benzene rings is 2. The number of fused-ring (bicyclic) bond motifs is 1. The van der Waals surface area contributed by atoms with Crippen molar-refractivity contribution in [1.29, 1.82) is 0 Å². The molecule has 37 heavy (non-hydrogen) atoms. The molecular weight excluding hydrogens is 594 g/mol. The molecule has 0 bridgehead atoms. The lowest BCUT2D eigenvalue weighted by Crippen LogP contribution is -2.32. The summed E-state index contributed by atoms with van der Waals surface area (Å²) < 4.78 is 42.9. The van der Waals surface area contributed by atoms with Crippen molar-refractivity contribution in [3.8, 4) is 5.75 Å². The zero-order valence-corrected chi connectivity index (χ0v) is 23.7. The van der Waals surface area contributed by atoms with E-state index in [1.165, 1.54) is 6.07 Å². The summed E-state index contributed by atoms with van der Waals surface area (Å²) in [4.78, 5) is 11.4. The Bertz CT molecular complexity index is 1160. The van der Waals surface area contributed by atoms with E-state index < -0.39 is 6.36 Å². The van der Waals surface area contributed by atoms with Crippen LogP contribution >= 0.6 is 40.7 Å². The van der Waals surface area contributed by atoms with E-state index in [9.17, 15) is 13.2 Å². The minimum absolute atomic E-state index is 0.